The SMILES string of the molecule is CCOC(=O)CN(c1ccc(OCC)cc1)S(=O)(=O)c1cc(Cl)ccc1Cl. The van der Waals surface area contributed by atoms with Gasteiger partial charge in [0.15, 0.2) is 0 Å². The number of nitrogens with zero attached hydrogens (tertiary/aromatic N) is 1. The highest BCUT2D eigenvalue weighted by atomic mass is 35.5. The van der Waals surface area contributed by atoms with Crippen molar-refractivity contribution in [1.29, 1.82) is 0 Å². The first-order chi connectivity index (χ1) is 12.8. The molecule has 0 aliphatic rings. The van der Waals surface area contributed by atoms with Crippen LogP contribution in [0.3, 0.4) is 0 Å². The standard InChI is InChI=1S/C18H19Cl2NO5S/c1-3-25-15-8-6-14(7-9-15)21(12-18(22)26-4-2)27(23,24)17-11-13(19)5-10-16(17)20/h5-11H,3-4,12H2,1-2H3. The Hall–Kier alpha value is -1.96. The van der Waals surface area contributed by atoms with Crippen molar-refractivity contribution in [3.05, 3.63) is 52.5 Å². The van der Waals surface area contributed by atoms with Gasteiger partial charge in [-0.25, -0.2) is 8.42 Å². The molecule has 27 heavy (non-hydrogen) atoms. The Morgan fingerprint density at radius 2 is 1.70 bits per heavy atom. The van der Waals surface area contributed by atoms with Gasteiger partial charge in [0, 0.05) is 5.02 Å². The number of rotatable bonds is 8. The molecule has 0 radical (unpaired) electrons. The van der Waals surface area contributed by atoms with Crippen molar-refractivity contribution in [2.24, 2.45) is 0 Å². The van der Waals surface area contributed by atoms with Gasteiger partial charge < -0.3 is 9.47 Å². The first-order valence-electron chi connectivity index (χ1n) is 8.15. The maximum Gasteiger partial charge on any atom is 0.326 e. The fourth-order valence-corrected chi connectivity index (χ4v) is 4.46. The number of halogens is 2. The highest BCUT2D eigenvalue weighted by Crippen LogP contribution is 2.31. The van der Waals surface area contributed by atoms with Gasteiger partial charge >= 0.3 is 5.97 Å². The predicted molar refractivity (Wildman–Crippen MR) is 105 cm³/mol. The number of esters is 1. The van der Waals surface area contributed by atoms with E-state index >= 15 is 0 Å². The minimum absolute atomic E-state index is 0.000745. The fraction of sp³-hybridized carbons (Fsp3) is 0.278. The summed E-state index contributed by atoms with van der Waals surface area (Å²) in [5, 5.41) is 0.208. The Balaban J connectivity index is 2.50. The summed E-state index contributed by atoms with van der Waals surface area (Å²) in [5.74, 6) is -0.108. The molecule has 2 aromatic rings. The molecule has 0 aliphatic heterocycles. The molecule has 146 valence electrons. The van der Waals surface area contributed by atoms with Crippen LogP contribution in [0, 0.1) is 0 Å². The molecular weight excluding hydrogens is 413 g/mol. The second kappa shape index (κ2) is 9.30. The number of hydrogen-bond acceptors (Lipinski definition) is 5. The molecule has 0 bridgehead atoms. The Bertz CT molecular complexity index is 900. The van der Waals surface area contributed by atoms with Crippen LogP contribution in [0.4, 0.5) is 5.69 Å². The van der Waals surface area contributed by atoms with E-state index in [1.54, 1.807) is 31.2 Å². The fourth-order valence-electron chi connectivity index (χ4n) is 2.31. The minimum atomic E-state index is -4.17. The third-order valence-corrected chi connectivity index (χ3v) is 5.97. The first-order valence-corrected chi connectivity index (χ1v) is 10.4. The zero-order chi connectivity index (χ0) is 20.0. The molecule has 0 fully saturated rings. The summed E-state index contributed by atoms with van der Waals surface area (Å²) in [7, 11) is -4.17. The molecular formula is C18H19Cl2NO5S. The van der Waals surface area contributed by atoms with Crippen molar-refractivity contribution >= 4 is 44.9 Å². The van der Waals surface area contributed by atoms with E-state index in [2.05, 4.69) is 0 Å². The number of carbonyl (C=O) groups is 1. The molecule has 0 N–H and O–H groups in total. The van der Waals surface area contributed by atoms with Crippen LogP contribution in [-0.2, 0) is 19.6 Å². The normalized spacial score (nSPS) is 11.1. The van der Waals surface area contributed by atoms with Gasteiger partial charge in [-0.1, -0.05) is 23.2 Å². The van der Waals surface area contributed by atoms with E-state index in [4.69, 9.17) is 32.7 Å². The third-order valence-electron chi connectivity index (χ3n) is 3.48. The van der Waals surface area contributed by atoms with E-state index in [9.17, 15) is 13.2 Å². The molecule has 0 atom stereocenters. The van der Waals surface area contributed by atoms with Crippen molar-refractivity contribution in [2.45, 2.75) is 18.7 Å². The van der Waals surface area contributed by atoms with Crippen molar-refractivity contribution < 1.29 is 22.7 Å². The average Bonchev–Trinajstić information content (AvgIpc) is 2.63. The number of sulfonamides is 1. The van der Waals surface area contributed by atoms with E-state index < -0.39 is 22.5 Å². The van der Waals surface area contributed by atoms with Crippen LogP contribution in [-0.4, -0.2) is 34.1 Å². The molecule has 0 aromatic heterocycles. The molecule has 0 saturated carbocycles. The van der Waals surface area contributed by atoms with Crippen molar-refractivity contribution in [2.75, 3.05) is 24.1 Å². The number of anilines is 1. The molecule has 0 heterocycles. The van der Waals surface area contributed by atoms with Gasteiger partial charge in [0.1, 0.15) is 17.2 Å². The van der Waals surface area contributed by atoms with Gasteiger partial charge in [-0.3, -0.25) is 9.10 Å². The Kier molecular flexibility index (Phi) is 7.35. The van der Waals surface area contributed by atoms with Crippen LogP contribution in [0.25, 0.3) is 0 Å². The minimum Gasteiger partial charge on any atom is -0.494 e. The van der Waals surface area contributed by atoms with Crippen LogP contribution in [0.15, 0.2) is 47.4 Å². The van der Waals surface area contributed by atoms with Crippen LogP contribution in [0.1, 0.15) is 13.8 Å². The van der Waals surface area contributed by atoms with E-state index in [-0.39, 0.29) is 27.2 Å². The highest BCUT2D eigenvalue weighted by Gasteiger charge is 2.30. The summed E-state index contributed by atoms with van der Waals surface area (Å²) in [6, 6.07) is 10.4. The lowest BCUT2D eigenvalue weighted by atomic mass is 10.3. The molecule has 2 aromatic carbocycles. The lowest BCUT2D eigenvalue weighted by molar-refractivity contribution is -0.141. The molecule has 6 nitrogen and oxygen atoms in total. The highest BCUT2D eigenvalue weighted by molar-refractivity contribution is 7.93. The van der Waals surface area contributed by atoms with Crippen molar-refractivity contribution in [3.8, 4) is 5.75 Å². The largest absolute Gasteiger partial charge is 0.494 e. The van der Waals surface area contributed by atoms with Crippen LogP contribution >= 0.6 is 23.2 Å². The second-order valence-electron chi connectivity index (χ2n) is 5.32. The second-order valence-corrected chi connectivity index (χ2v) is 7.99. The average molecular weight is 432 g/mol. The Labute approximate surface area is 168 Å². The van der Waals surface area contributed by atoms with Gasteiger partial charge in [-0.2, -0.15) is 0 Å². The summed E-state index contributed by atoms with van der Waals surface area (Å²) in [6.45, 7) is 3.58. The van der Waals surface area contributed by atoms with Gasteiger partial charge in [0.05, 0.1) is 23.9 Å². The number of benzene rings is 2. The van der Waals surface area contributed by atoms with Crippen LogP contribution in [0.5, 0.6) is 5.75 Å². The lowest BCUT2D eigenvalue weighted by Crippen LogP contribution is -2.36. The monoisotopic (exact) mass is 431 g/mol. The summed E-state index contributed by atoms with van der Waals surface area (Å²) >= 11 is 12.0. The Morgan fingerprint density at radius 3 is 2.30 bits per heavy atom. The predicted octanol–water partition coefficient (Wildman–Crippen LogP) is 4.15. The quantitative estimate of drug-likeness (QED) is 0.586. The van der Waals surface area contributed by atoms with E-state index in [0.29, 0.717) is 12.4 Å². The third kappa shape index (κ3) is 5.28. The zero-order valence-corrected chi connectivity index (χ0v) is 17.1. The summed E-state index contributed by atoms with van der Waals surface area (Å²) < 4.78 is 37.6. The number of carbonyl (C=O) groups excluding carboxylic acids is 1. The van der Waals surface area contributed by atoms with Gasteiger partial charge in [0.2, 0.25) is 0 Å². The topological polar surface area (TPSA) is 72.9 Å². The first kappa shape index (κ1) is 21.3. The lowest BCUT2D eigenvalue weighted by Gasteiger charge is -2.24. The maximum absolute atomic E-state index is 13.2. The van der Waals surface area contributed by atoms with E-state index in [1.807, 2.05) is 6.92 Å². The summed E-state index contributed by atoms with van der Waals surface area (Å²) in [5.41, 5.74) is 0.266. The van der Waals surface area contributed by atoms with Gasteiger partial charge in [-0.15, -0.1) is 0 Å². The van der Waals surface area contributed by atoms with Gasteiger partial charge in [0.25, 0.3) is 10.0 Å². The van der Waals surface area contributed by atoms with E-state index in [0.717, 1.165) is 4.31 Å². The summed E-state index contributed by atoms with van der Waals surface area (Å²) in [4.78, 5) is 11.8. The maximum atomic E-state index is 13.2. The van der Waals surface area contributed by atoms with Crippen molar-refractivity contribution in [3.63, 3.8) is 0 Å². The van der Waals surface area contributed by atoms with E-state index in [1.165, 1.54) is 18.2 Å². The Morgan fingerprint density at radius 1 is 1.04 bits per heavy atom. The van der Waals surface area contributed by atoms with Crippen LogP contribution < -0.4 is 9.04 Å². The number of ether oxygens (including phenoxy) is 2. The van der Waals surface area contributed by atoms with Gasteiger partial charge in [-0.05, 0) is 56.3 Å². The molecule has 0 saturated heterocycles. The van der Waals surface area contributed by atoms with Crippen LogP contribution in [0.2, 0.25) is 10.0 Å². The smallest absolute Gasteiger partial charge is 0.326 e. The van der Waals surface area contributed by atoms with Crippen molar-refractivity contribution in [1.82, 2.24) is 0 Å². The molecule has 2 rings (SSSR count). The summed E-state index contributed by atoms with van der Waals surface area (Å²) in [6.07, 6.45) is 0. The number of hydrogen-bond donors (Lipinski definition) is 0. The zero-order valence-electron chi connectivity index (χ0n) is 14.8. The molecule has 0 aliphatic carbocycles. The molecule has 0 unspecified atom stereocenters. The molecule has 0 amide bonds. The molecule has 9 heteroatoms. The molecule has 0 spiro atoms.